The highest BCUT2D eigenvalue weighted by Crippen LogP contribution is 2.36. The Hall–Kier alpha value is -3.20. The molecule has 1 atom stereocenters. The molecule has 0 fully saturated rings. The molecule has 5 rings (SSSR count). The minimum Gasteiger partial charge on any atom is -0.336 e. The molecule has 0 saturated carbocycles. The highest BCUT2D eigenvalue weighted by molar-refractivity contribution is 6.30. The molecule has 0 saturated heterocycles. The minimum atomic E-state index is -4.60. The predicted octanol–water partition coefficient (Wildman–Crippen LogP) is 5.52. The van der Waals surface area contributed by atoms with Crippen LogP contribution in [0.25, 0.3) is 22.6 Å². The van der Waals surface area contributed by atoms with Crippen molar-refractivity contribution in [3.63, 3.8) is 0 Å². The summed E-state index contributed by atoms with van der Waals surface area (Å²) in [4.78, 5) is 8.72. The summed E-state index contributed by atoms with van der Waals surface area (Å²) in [6.45, 7) is 0.753. The third-order valence-corrected chi connectivity index (χ3v) is 5.96. The van der Waals surface area contributed by atoms with E-state index in [4.69, 9.17) is 11.6 Å². The molecule has 1 aliphatic rings. The monoisotopic (exact) mass is 458 g/mol. The number of fused-ring (bicyclic) bond motifs is 1. The van der Waals surface area contributed by atoms with Crippen molar-refractivity contribution in [2.75, 3.05) is 0 Å². The molecule has 32 heavy (non-hydrogen) atoms. The van der Waals surface area contributed by atoms with Crippen LogP contribution in [0.15, 0.2) is 49.1 Å². The lowest BCUT2D eigenvalue weighted by Gasteiger charge is -2.26. The van der Waals surface area contributed by atoms with E-state index in [2.05, 4.69) is 31.4 Å². The summed E-state index contributed by atoms with van der Waals surface area (Å²) in [6.07, 6.45) is 3.63. The van der Waals surface area contributed by atoms with Crippen LogP contribution in [0.5, 0.6) is 0 Å². The molecule has 0 radical (unpaired) electrons. The molecule has 3 aromatic heterocycles. The first-order chi connectivity index (χ1) is 15.4. The Kier molecular flexibility index (Phi) is 5.21. The number of rotatable bonds is 4. The van der Waals surface area contributed by atoms with Gasteiger partial charge in [0.25, 0.3) is 0 Å². The maximum Gasteiger partial charge on any atom is 0.437 e. The standard InChI is InChI=1S/C22H18ClF3N6/c23-16-4-5-17-13(8-16)2-1-3-15(17)10-32-11-19(28-12-32)18-9-14(6-7-27-18)20-21(22(24,25)26)30-31-29-20/h4-9,11-12,15H,1-3,10H2,(H,29,30,31)/t15-/m1/s1. The van der Waals surface area contributed by atoms with Crippen LogP contribution < -0.4 is 0 Å². The van der Waals surface area contributed by atoms with Gasteiger partial charge < -0.3 is 4.57 Å². The number of halogens is 4. The van der Waals surface area contributed by atoms with Crippen molar-refractivity contribution in [1.29, 1.82) is 0 Å². The Labute approximate surface area is 186 Å². The van der Waals surface area contributed by atoms with Gasteiger partial charge in [-0.1, -0.05) is 17.7 Å². The SMILES string of the molecule is FC(F)(F)c1n[nH]nc1-c1ccnc(-c2cn(C[C@H]3CCCc4cc(Cl)ccc43)cn2)c1. The number of aromatic amines is 1. The first-order valence-corrected chi connectivity index (χ1v) is 10.5. The second-order valence-corrected chi connectivity index (χ2v) is 8.27. The first-order valence-electron chi connectivity index (χ1n) is 10.1. The van der Waals surface area contributed by atoms with Gasteiger partial charge in [-0.2, -0.15) is 28.6 Å². The Balaban J connectivity index is 1.40. The number of hydrogen-bond donors (Lipinski definition) is 1. The molecule has 0 unspecified atom stereocenters. The maximum absolute atomic E-state index is 13.2. The van der Waals surface area contributed by atoms with Crippen molar-refractivity contribution in [2.45, 2.75) is 37.9 Å². The first kappa shape index (κ1) is 20.7. The number of benzene rings is 1. The van der Waals surface area contributed by atoms with Gasteiger partial charge in [0, 0.05) is 35.4 Å². The maximum atomic E-state index is 13.2. The third-order valence-electron chi connectivity index (χ3n) is 5.72. The lowest BCUT2D eigenvalue weighted by atomic mass is 9.83. The van der Waals surface area contributed by atoms with Gasteiger partial charge in [0.2, 0.25) is 0 Å². The second-order valence-electron chi connectivity index (χ2n) is 7.84. The van der Waals surface area contributed by atoms with Gasteiger partial charge in [-0.3, -0.25) is 4.98 Å². The van der Waals surface area contributed by atoms with Gasteiger partial charge >= 0.3 is 6.18 Å². The molecule has 1 aliphatic carbocycles. The van der Waals surface area contributed by atoms with E-state index in [-0.39, 0.29) is 11.3 Å². The van der Waals surface area contributed by atoms with Crippen molar-refractivity contribution in [2.24, 2.45) is 0 Å². The normalized spacial score (nSPS) is 16.2. The smallest absolute Gasteiger partial charge is 0.336 e. The van der Waals surface area contributed by atoms with E-state index >= 15 is 0 Å². The minimum absolute atomic E-state index is 0.266. The van der Waals surface area contributed by atoms with Crippen LogP contribution in [0.4, 0.5) is 13.2 Å². The number of nitrogens with one attached hydrogen (secondary N) is 1. The van der Waals surface area contributed by atoms with Crippen molar-refractivity contribution in [3.8, 4) is 22.6 Å². The van der Waals surface area contributed by atoms with E-state index in [1.165, 1.54) is 29.5 Å². The molecule has 4 aromatic rings. The number of alkyl halides is 3. The third kappa shape index (κ3) is 4.00. The molecule has 0 aliphatic heterocycles. The van der Waals surface area contributed by atoms with Gasteiger partial charge in [0.05, 0.1) is 12.0 Å². The number of hydrogen-bond acceptors (Lipinski definition) is 4. The fourth-order valence-electron chi connectivity index (χ4n) is 4.27. The fourth-order valence-corrected chi connectivity index (χ4v) is 4.46. The highest BCUT2D eigenvalue weighted by Gasteiger charge is 2.38. The number of aromatic nitrogens is 6. The van der Waals surface area contributed by atoms with Crippen molar-refractivity contribution < 1.29 is 13.2 Å². The predicted molar refractivity (Wildman–Crippen MR) is 113 cm³/mol. The van der Waals surface area contributed by atoms with Gasteiger partial charge in [0.15, 0.2) is 5.69 Å². The van der Waals surface area contributed by atoms with Crippen LogP contribution in [0, 0.1) is 0 Å². The Bertz CT molecular complexity index is 1260. The van der Waals surface area contributed by atoms with Crippen LogP contribution >= 0.6 is 11.6 Å². The van der Waals surface area contributed by atoms with Gasteiger partial charge in [0.1, 0.15) is 11.4 Å². The Morgan fingerprint density at radius 2 is 1.97 bits per heavy atom. The molecular formula is C22H18ClF3N6. The average molecular weight is 459 g/mol. The van der Waals surface area contributed by atoms with Gasteiger partial charge in [-0.25, -0.2) is 4.98 Å². The number of nitrogens with zero attached hydrogens (tertiary/aromatic N) is 5. The van der Waals surface area contributed by atoms with Crippen LogP contribution in [0.2, 0.25) is 5.02 Å². The molecule has 10 heteroatoms. The molecule has 1 N–H and O–H groups in total. The molecule has 0 amide bonds. The topological polar surface area (TPSA) is 72.3 Å². The van der Waals surface area contributed by atoms with Crippen molar-refractivity contribution in [1.82, 2.24) is 29.9 Å². The van der Waals surface area contributed by atoms with Crippen LogP contribution in [0.3, 0.4) is 0 Å². The molecule has 164 valence electrons. The number of imidazole rings is 1. The summed E-state index contributed by atoms with van der Waals surface area (Å²) < 4.78 is 41.5. The molecule has 3 heterocycles. The quantitative estimate of drug-likeness (QED) is 0.437. The van der Waals surface area contributed by atoms with Crippen LogP contribution in [-0.4, -0.2) is 29.9 Å². The van der Waals surface area contributed by atoms with E-state index < -0.39 is 11.9 Å². The van der Waals surface area contributed by atoms with E-state index in [1.807, 2.05) is 22.9 Å². The van der Waals surface area contributed by atoms with E-state index in [0.717, 1.165) is 30.8 Å². The summed E-state index contributed by atoms with van der Waals surface area (Å²) in [6, 6.07) is 9.07. The summed E-state index contributed by atoms with van der Waals surface area (Å²) in [7, 11) is 0. The fraction of sp³-hybridized carbons (Fsp3) is 0.273. The average Bonchev–Trinajstić information content (AvgIpc) is 3.44. The Morgan fingerprint density at radius 3 is 2.81 bits per heavy atom. The van der Waals surface area contributed by atoms with Crippen LogP contribution in [0.1, 0.15) is 35.6 Å². The van der Waals surface area contributed by atoms with Gasteiger partial charge in [-0.05, 0) is 54.7 Å². The van der Waals surface area contributed by atoms with E-state index in [1.54, 1.807) is 6.33 Å². The molecule has 0 bridgehead atoms. The Morgan fingerprint density at radius 1 is 1.09 bits per heavy atom. The van der Waals surface area contributed by atoms with Crippen LogP contribution in [-0.2, 0) is 19.1 Å². The lowest BCUT2D eigenvalue weighted by Crippen LogP contribution is -2.14. The zero-order valence-electron chi connectivity index (χ0n) is 16.8. The summed E-state index contributed by atoms with van der Waals surface area (Å²) in [5, 5.41) is 9.73. The zero-order chi connectivity index (χ0) is 22.3. The summed E-state index contributed by atoms with van der Waals surface area (Å²) in [5.41, 5.74) is 2.58. The number of aryl methyl sites for hydroxylation is 1. The number of pyridine rings is 1. The van der Waals surface area contributed by atoms with Gasteiger partial charge in [-0.15, -0.1) is 0 Å². The zero-order valence-corrected chi connectivity index (χ0v) is 17.5. The van der Waals surface area contributed by atoms with Crippen molar-refractivity contribution in [3.05, 3.63) is 70.9 Å². The van der Waals surface area contributed by atoms with E-state index in [0.29, 0.717) is 17.3 Å². The molecule has 1 aromatic carbocycles. The number of H-pyrrole nitrogens is 1. The second kappa shape index (κ2) is 8.05. The summed E-state index contributed by atoms with van der Waals surface area (Å²) in [5.74, 6) is 0.349. The molecule has 0 spiro atoms. The highest BCUT2D eigenvalue weighted by atomic mass is 35.5. The van der Waals surface area contributed by atoms with E-state index in [9.17, 15) is 13.2 Å². The largest absolute Gasteiger partial charge is 0.437 e. The lowest BCUT2D eigenvalue weighted by molar-refractivity contribution is -0.140. The van der Waals surface area contributed by atoms with Crippen molar-refractivity contribution >= 4 is 11.6 Å². The summed E-state index contributed by atoms with van der Waals surface area (Å²) >= 11 is 6.15. The molecule has 6 nitrogen and oxygen atoms in total. The molecular weight excluding hydrogens is 441 g/mol.